The first-order valence-electron chi connectivity index (χ1n) is 7.53. The van der Waals surface area contributed by atoms with E-state index in [2.05, 4.69) is 62.1 Å². The fraction of sp³-hybridized carbons (Fsp3) is 0.368. The van der Waals surface area contributed by atoms with Gasteiger partial charge in [0, 0.05) is 23.7 Å². The Morgan fingerprint density at radius 1 is 1.05 bits per heavy atom. The van der Waals surface area contributed by atoms with Crippen LogP contribution in [0.2, 0.25) is 0 Å². The summed E-state index contributed by atoms with van der Waals surface area (Å²) in [6.45, 7) is 7.93. The van der Waals surface area contributed by atoms with E-state index in [1.807, 2.05) is 12.1 Å². The van der Waals surface area contributed by atoms with Gasteiger partial charge in [0.2, 0.25) is 0 Å². The Balaban J connectivity index is 0.00000176. The number of fused-ring (bicyclic) bond motifs is 1. The molecule has 0 aromatic heterocycles. The lowest BCUT2D eigenvalue weighted by molar-refractivity contribution is 0.414. The second-order valence-corrected chi connectivity index (χ2v) is 6.39. The first-order chi connectivity index (χ1) is 10.0. The SMILES string of the molecule is Br.COc1ccc(CN2c3ccccc3C(C)(C)C2C)cc1. The van der Waals surface area contributed by atoms with Crippen LogP contribution in [0.5, 0.6) is 5.75 Å². The van der Waals surface area contributed by atoms with E-state index in [1.54, 1.807) is 7.11 Å². The van der Waals surface area contributed by atoms with Crippen molar-refractivity contribution in [1.82, 2.24) is 0 Å². The summed E-state index contributed by atoms with van der Waals surface area (Å²) in [5.74, 6) is 0.911. The fourth-order valence-electron chi connectivity index (χ4n) is 3.24. The zero-order valence-corrected chi connectivity index (χ0v) is 15.4. The molecular weight excluding hydrogens is 338 g/mol. The molecule has 2 aromatic rings. The van der Waals surface area contributed by atoms with E-state index in [1.165, 1.54) is 16.8 Å². The maximum absolute atomic E-state index is 5.24. The third kappa shape index (κ3) is 2.74. The Morgan fingerprint density at radius 2 is 1.68 bits per heavy atom. The topological polar surface area (TPSA) is 12.5 Å². The van der Waals surface area contributed by atoms with Crippen molar-refractivity contribution in [3.8, 4) is 5.75 Å². The lowest BCUT2D eigenvalue weighted by Gasteiger charge is -2.31. The molecule has 1 aliphatic rings. The van der Waals surface area contributed by atoms with Crippen LogP contribution < -0.4 is 9.64 Å². The van der Waals surface area contributed by atoms with Gasteiger partial charge in [-0.3, -0.25) is 0 Å². The number of hydrogen-bond acceptors (Lipinski definition) is 2. The minimum Gasteiger partial charge on any atom is -0.497 e. The average Bonchev–Trinajstić information content (AvgIpc) is 2.70. The van der Waals surface area contributed by atoms with Crippen LogP contribution in [0.15, 0.2) is 48.5 Å². The number of para-hydroxylation sites is 1. The minimum atomic E-state index is 0. The van der Waals surface area contributed by atoms with E-state index in [9.17, 15) is 0 Å². The Labute approximate surface area is 143 Å². The molecule has 0 fully saturated rings. The number of benzene rings is 2. The number of halogens is 1. The summed E-state index contributed by atoms with van der Waals surface area (Å²) in [5, 5.41) is 0. The molecule has 0 aliphatic carbocycles. The van der Waals surface area contributed by atoms with Crippen LogP contribution in [0.25, 0.3) is 0 Å². The van der Waals surface area contributed by atoms with Gasteiger partial charge < -0.3 is 9.64 Å². The number of anilines is 1. The molecule has 22 heavy (non-hydrogen) atoms. The van der Waals surface area contributed by atoms with Gasteiger partial charge in [-0.1, -0.05) is 44.2 Å². The summed E-state index contributed by atoms with van der Waals surface area (Å²) >= 11 is 0. The summed E-state index contributed by atoms with van der Waals surface area (Å²) < 4.78 is 5.24. The maximum atomic E-state index is 5.24. The standard InChI is InChI=1S/C19H23NO.BrH/c1-14-19(2,3)17-7-5-6-8-18(17)20(14)13-15-9-11-16(21-4)12-10-15;/h5-12,14H,13H2,1-4H3;1H. The Hall–Kier alpha value is -1.48. The largest absolute Gasteiger partial charge is 0.497 e. The van der Waals surface area contributed by atoms with Gasteiger partial charge in [0.15, 0.2) is 0 Å². The average molecular weight is 362 g/mol. The number of hydrogen-bond donors (Lipinski definition) is 0. The van der Waals surface area contributed by atoms with Crippen molar-refractivity contribution in [3.63, 3.8) is 0 Å². The molecule has 0 bridgehead atoms. The summed E-state index contributed by atoms with van der Waals surface area (Å²) in [6.07, 6.45) is 0. The summed E-state index contributed by atoms with van der Waals surface area (Å²) in [4.78, 5) is 2.51. The van der Waals surface area contributed by atoms with Crippen molar-refractivity contribution in [2.75, 3.05) is 12.0 Å². The highest BCUT2D eigenvalue weighted by atomic mass is 79.9. The minimum absolute atomic E-state index is 0. The van der Waals surface area contributed by atoms with Gasteiger partial charge >= 0.3 is 0 Å². The molecular formula is C19H24BrNO. The fourth-order valence-corrected chi connectivity index (χ4v) is 3.24. The molecule has 118 valence electrons. The van der Waals surface area contributed by atoms with Crippen LogP contribution in [0, 0.1) is 0 Å². The maximum Gasteiger partial charge on any atom is 0.118 e. The molecule has 2 aromatic carbocycles. The predicted octanol–water partition coefficient (Wildman–Crippen LogP) is 4.96. The third-order valence-corrected chi connectivity index (χ3v) is 4.93. The first kappa shape index (κ1) is 16.9. The Bertz CT molecular complexity index is 636. The summed E-state index contributed by atoms with van der Waals surface area (Å²) in [6, 6.07) is 17.6. The molecule has 3 heteroatoms. The highest BCUT2D eigenvalue weighted by Crippen LogP contribution is 2.45. The lowest BCUT2D eigenvalue weighted by atomic mass is 9.81. The molecule has 0 radical (unpaired) electrons. The van der Waals surface area contributed by atoms with E-state index in [-0.39, 0.29) is 22.4 Å². The summed E-state index contributed by atoms with van der Waals surface area (Å²) in [7, 11) is 1.70. The number of nitrogens with zero attached hydrogens (tertiary/aromatic N) is 1. The van der Waals surface area contributed by atoms with Crippen molar-refractivity contribution >= 4 is 22.7 Å². The van der Waals surface area contributed by atoms with Gasteiger partial charge in [0.25, 0.3) is 0 Å². The zero-order chi connectivity index (χ0) is 15.0. The van der Waals surface area contributed by atoms with Gasteiger partial charge in [-0.25, -0.2) is 0 Å². The molecule has 2 nitrogen and oxygen atoms in total. The Kier molecular flexibility index (Phi) is 4.86. The van der Waals surface area contributed by atoms with E-state index in [4.69, 9.17) is 4.74 Å². The number of ether oxygens (including phenoxy) is 1. The normalized spacial score (nSPS) is 18.5. The molecule has 0 N–H and O–H groups in total. The van der Waals surface area contributed by atoms with Gasteiger partial charge in [-0.15, -0.1) is 17.0 Å². The quantitative estimate of drug-likeness (QED) is 0.765. The van der Waals surface area contributed by atoms with Crippen LogP contribution >= 0.6 is 17.0 Å². The van der Waals surface area contributed by atoms with Crippen molar-refractivity contribution < 1.29 is 4.74 Å². The van der Waals surface area contributed by atoms with Crippen LogP contribution in [0.1, 0.15) is 31.9 Å². The highest BCUT2D eigenvalue weighted by Gasteiger charge is 2.41. The molecule has 0 amide bonds. The zero-order valence-electron chi connectivity index (χ0n) is 13.7. The second kappa shape index (κ2) is 6.33. The molecule has 0 saturated carbocycles. The van der Waals surface area contributed by atoms with Crippen LogP contribution in [-0.2, 0) is 12.0 Å². The second-order valence-electron chi connectivity index (χ2n) is 6.39. The molecule has 1 aliphatic heterocycles. The van der Waals surface area contributed by atoms with Gasteiger partial charge in [0.05, 0.1) is 7.11 Å². The van der Waals surface area contributed by atoms with Crippen molar-refractivity contribution in [2.24, 2.45) is 0 Å². The number of rotatable bonds is 3. The predicted molar refractivity (Wildman–Crippen MR) is 98.4 cm³/mol. The van der Waals surface area contributed by atoms with Crippen molar-refractivity contribution in [1.29, 1.82) is 0 Å². The van der Waals surface area contributed by atoms with Gasteiger partial charge in [0.1, 0.15) is 5.75 Å². The molecule has 0 saturated heterocycles. The molecule has 1 unspecified atom stereocenters. The molecule has 3 rings (SSSR count). The van der Waals surface area contributed by atoms with Gasteiger partial charge in [-0.05, 0) is 36.2 Å². The van der Waals surface area contributed by atoms with Crippen LogP contribution in [0.4, 0.5) is 5.69 Å². The van der Waals surface area contributed by atoms with Crippen molar-refractivity contribution in [3.05, 3.63) is 59.7 Å². The Morgan fingerprint density at radius 3 is 2.32 bits per heavy atom. The molecule has 1 heterocycles. The number of methoxy groups -OCH3 is 1. The highest BCUT2D eigenvalue weighted by molar-refractivity contribution is 8.93. The van der Waals surface area contributed by atoms with E-state index < -0.39 is 0 Å². The van der Waals surface area contributed by atoms with Crippen molar-refractivity contribution in [2.45, 2.75) is 38.8 Å². The van der Waals surface area contributed by atoms with Crippen LogP contribution in [-0.4, -0.2) is 13.2 Å². The molecule has 0 spiro atoms. The van der Waals surface area contributed by atoms with Crippen LogP contribution in [0.3, 0.4) is 0 Å². The third-order valence-electron chi connectivity index (χ3n) is 4.93. The smallest absolute Gasteiger partial charge is 0.118 e. The summed E-state index contributed by atoms with van der Waals surface area (Å²) in [5.41, 5.74) is 4.32. The lowest BCUT2D eigenvalue weighted by Crippen LogP contribution is -2.38. The van der Waals surface area contributed by atoms with E-state index in [0.717, 1.165) is 12.3 Å². The first-order valence-corrected chi connectivity index (χ1v) is 7.53. The monoisotopic (exact) mass is 361 g/mol. The van der Waals surface area contributed by atoms with E-state index in [0.29, 0.717) is 6.04 Å². The van der Waals surface area contributed by atoms with Gasteiger partial charge in [-0.2, -0.15) is 0 Å². The van der Waals surface area contributed by atoms with E-state index >= 15 is 0 Å². The molecule has 1 atom stereocenters.